The second-order valence-corrected chi connectivity index (χ2v) is 4.70. The van der Waals surface area contributed by atoms with E-state index < -0.39 is 0 Å². The lowest BCUT2D eigenvalue weighted by atomic mass is 10.1. The molecule has 18 heavy (non-hydrogen) atoms. The molecule has 96 valence electrons. The molecule has 0 spiro atoms. The monoisotopic (exact) mass is 263 g/mol. The molecule has 0 aromatic heterocycles. The summed E-state index contributed by atoms with van der Waals surface area (Å²) in [6.45, 7) is 13.6. The lowest BCUT2D eigenvalue weighted by Gasteiger charge is -2.09. The van der Waals surface area contributed by atoms with E-state index in [9.17, 15) is 0 Å². The number of ether oxygens (including phenoxy) is 1. The zero-order valence-corrected chi connectivity index (χ0v) is 11.8. The van der Waals surface area contributed by atoms with Gasteiger partial charge in [0.1, 0.15) is 6.61 Å². The molecule has 0 heterocycles. The Kier molecular flexibility index (Phi) is 5.17. The second kappa shape index (κ2) is 6.41. The minimum absolute atomic E-state index is 0.416. The van der Waals surface area contributed by atoms with E-state index in [-0.39, 0.29) is 0 Å². The average Bonchev–Trinajstić information content (AvgIpc) is 2.30. The summed E-state index contributed by atoms with van der Waals surface area (Å²) < 4.78 is 5.55. The predicted molar refractivity (Wildman–Crippen MR) is 78.2 cm³/mol. The Hall–Kier alpha value is -1.54. The highest BCUT2D eigenvalue weighted by atomic mass is 35.5. The number of hydrogen-bond acceptors (Lipinski definition) is 2. The van der Waals surface area contributed by atoms with Gasteiger partial charge in [-0.3, -0.25) is 0 Å². The lowest BCUT2D eigenvalue weighted by molar-refractivity contribution is 0.197. The van der Waals surface area contributed by atoms with Crippen LogP contribution < -0.4 is 0 Å². The van der Waals surface area contributed by atoms with Crippen LogP contribution in [0.4, 0.5) is 0 Å². The molecular formula is C15H18ClNO. The number of aryl methyl sites for hydroxylation is 1. The minimum Gasteiger partial charge on any atom is -0.473 e. The highest BCUT2D eigenvalue weighted by Crippen LogP contribution is 2.22. The molecule has 0 saturated heterocycles. The fraction of sp³-hybridized carbons (Fsp3) is 0.267. The maximum atomic E-state index is 6.13. The first-order chi connectivity index (χ1) is 8.43. The van der Waals surface area contributed by atoms with Crippen LogP contribution in [0.15, 0.2) is 41.2 Å². The number of rotatable bonds is 5. The van der Waals surface area contributed by atoms with Crippen molar-refractivity contribution in [3.05, 3.63) is 58.0 Å². The third-order valence-electron chi connectivity index (χ3n) is 2.58. The highest BCUT2D eigenvalue weighted by Gasteiger charge is 2.04. The number of nitrogens with zero attached hydrogens (tertiary/aromatic N) is 1. The molecule has 0 aliphatic rings. The zero-order chi connectivity index (χ0) is 13.7. The van der Waals surface area contributed by atoms with Crippen LogP contribution in [-0.4, -0.2) is 6.72 Å². The van der Waals surface area contributed by atoms with Crippen molar-refractivity contribution in [2.75, 3.05) is 0 Å². The summed E-state index contributed by atoms with van der Waals surface area (Å²) in [5.74, 6) is 0.469. The van der Waals surface area contributed by atoms with Gasteiger partial charge in [0.2, 0.25) is 5.88 Å². The lowest BCUT2D eigenvalue weighted by Crippen LogP contribution is -1.94. The SMILES string of the molecule is C=N/C(=C\C(=C)C)OCc1cc(C)c(C)c(Cl)c1. The van der Waals surface area contributed by atoms with Gasteiger partial charge in [-0.1, -0.05) is 29.8 Å². The Morgan fingerprint density at radius 2 is 2.11 bits per heavy atom. The molecule has 0 atom stereocenters. The predicted octanol–water partition coefficient (Wildman–Crippen LogP) is 4.59. The summed E-state index contributed by atoms with van der Waals surface area (Å²) in [6, 6.07) is 3.97. The summed E-state index contributed by atoms with van der Waals surface area (Å²) in [7, 11) is 0. The van der Waals surface area contributed by atoms with Gasteiger partial charge < -0.3 is 4.74 Å². The Labute approximate surface area is 114 Å². The van der Waals surface area contributed by atoms with Crippen molar-refractivity contribution in [1.82, 2.24) is 0 Å². The van der Waals surface area contributed by atoms with Gasteiger partial charge in [0.05, 0.1) is 0 Å². The molecule has 0 aliphatic carbocycles. The summed E-state index contributed by atoms with van der Waals surface area (Å²) in [6.07, 6.45) is 1.75. The van der Waals surface area contributed by atoms with Crippen LogP contribution in [0.3, 0.4) is 0 Å². The third kappa shape index (κ3) is 4.04. The summed E-state index contributed by atoms with van der Waals surface area (Å²) in [5.41, 5.74) is 4.13. The van der Waals surface area contributed by atoms with Crippen molar-refractivity contribution in [3.8, 4) is 0 Å². The van der Waals surface area contributed by atoms with Gasteiger partial charge in [-0.15, -0.1) is 0 Å². The van der Waals surface area contributed by atoms with Crippen molar-refractivity contribution in [2.24, 2.45) is 4.99 Å². The highest BCUT2D eigenvalue weighted by molar-refractivity contribution is 6.31. The maximum Gasteiger partial charge on any atom is 0.213 e. The van der Waals surface area contributed by atoms with Gasteiger partial charge in [-0.2, -0.15) is 0 Å². The van der Waals surface area contributed by atoms with Crippen LogP contribution in [0.2, 0.25) is 5.02 Å². The van der Waals surface area contributed by atoms with Crippen molar-refractivity contribution >= 4 is 18.3 Å². The number of allylic oxidation sites excluding steroid dienone is 2. The van der Waals surface area contributed by atoms with Gasteiger partial charge >= 0.3 is 0 Å². The zero-order valence-electron chi connectivity index (χ0n) is 11.1. The van der Waals surface area contributed by atoms with Crippen LogP contribution in [0.1, 0.15) is 23.6 Å². The molecule has 0 saturated carbocycles. The number of aliphatic imine (C=N–C) groups is 1. The Bertz CT molecular complexity index is 480. The van der Waals surface area contributed by atoms with Crippen LogP contribution in [-0.2, 0) is 11.3 Å². The number of halogens is 1. The van der Waals surface area contributed by atoms with Gasteiger partial charge in [-0.25, -0.2) is 4.99 Å². The molecule has 1 aromatic carbocycles. The fourth-order valence-corrected chi connectivity index (χ4v) is 1.76. The van der Waals surface area contributed by atoms with E-state index in [1.807, 2.05) is 26.8 Å². The van der Waals surface area contributed by atoms with Gasteiger partial charge in [0.15, 0.2) is 0 Å². The Morgan fingerprint density at radius 1 is 1.44 bits per heavy atom. The van der Waals surface area contributed by atoms with Gasteiger partial charge in [0, 0.05) is 11.1 Å². The number of hydrogen-bond donors (Lipinski definition) is 0. The molecule has 0 bridgehead atoms. The minimum atomic E-state index is 0.416. The van der Waals surface area contributed by atoms with Crippen molar-refractivity contribution < 1.29 is 4.74 Å². The smallest absolute Gasteiger partial charge is 0.213 e. The van der Waals surface area contributed by atoms with E-state index in [4.69, 9.17) is 16.3 Å². The standard InChI is InChI=1S/C15H18ClNO/c1-10(2)6-15(17-5)18-9-13-7-11(3)12(4)14(16)8-13/h6-8H,1,5,9H2,2-4H3/b15-6+. The average molecular weight is 264 g/mol. The first kappa shape index (κ1) is 14.5. The summed E-state index contributed by atoms with van der Waals surface area (Å²) in [5, 5.41) is 0.755. The van der Waals surface area contributed by atoms with Crippen molar-refractivity contribution in [3.63, 3.8) is 0 Å². The molecule has 0 radical (unpaired) electrons. The molecule has 0 fully saturated rings. The first-order valence-corrected chi connectivity index (χ1v) is 6.04. The van der Waals surface area contributed by atoms with Crippen LogP contribution >= 0.6 is 11.6 Å². The van der Waals surface area contributed by atoms with E-state index in [1.54, 1.807) is 6.08 Å². The van der Waals surface area contributed by atoms with E-state index in [0.717, 1.165) is 27.3 Å². The van der Waals surface area contributed by atoms with Gasteiger partial charge in [0.25, 0.3) is 0 Å². The van der Waals surface area contributed by atoms with Crippen molar-refractivity contribution in [1.29, 1.82) is 0 Å². The molecule has 2 nitrogen and oxygen atoms in total. The quantitative estimate of drug-likeness (QED) is 0.432. The van der Waals surface area contributed by atoms with Crippen LogP contribution in [0.5, 0.6) is 0 Å². The van der Waals surface area contributed by atoms with E-state index >= 15 is 0 Å². The second-order valence-electron chi connectivity index (χ2n) is 4.30. The van der Waals surface area contributed by atoms with Crippen LogP contribution in [0.25, 0.3) is 0 Å². The molecule has 0 unspecified atom stereocenters. The van der Waals surface area contributed by atoms with E-state index in [1.165, 1.54) is 0 Å². The van der Waals surface area contributed by atoms with Crippen LogP contribution in [0, 0.1) is 13.8 Å². The Morgan fingerprint density at radius 3 is 2.61 bits per heavy atom. The topological polar surface area (TPSA) is 21.6 Å². The molecule has 1 aromatic rings. The molecule has 0 N–H and O–H groups in total. The largest absolute Gasteiger partial charge is 0.473 e. The number of benzene rings is 1. The van der Waals surface area contributed by atoms with E-state index in [0.29, 0.717) is 12.5 Å². The fourth-order valence-electron chi connectivity index (χ4n) is 1.47. The molecule has 0 amide bonds. The normalized spacial score (nSPS) is 11.2. The molecule has 1 rings (SSSR count). The third-order valence-corrected chi connectivity index (χ3v) is 2.97. The van der Waals surface area contributed by atoms with E-state index in [2.05, 4.69) is 24.4 Å². The summed E-state index contributed by atoms with van der Waals surface area (Å²) >= 11 is 6.13. The molecule has 0 aliphatic heterocycles. The Balaban J connectivity index is 2.80. The van der Waals surface area contributed by atoms with Gasteiger partial charge in [-0.05, 0) is 50.2 Å². The maximum absolute atomic E-state index is 6.13. The first-order valence-electron chi connectivity index (χ1n) is 5.66. The molecular weight excluding hydrogens is 246 g/mol. The summed E-state index contributed by atoms with van der Waals surface area (Å²) in [4.78, 5) is 3.80. The van der Waals surface area contributed by atoms with Crippen molar-refractivity contribution in [2.45, 2.75) is 27.4 Å². The molecule has 3 heteroatoms.